The fourth-order valence-electron chi connectivity index (χ4n) is 8.45. The van der Waals surface area contributed by atoms with E-state index in [1.807, 2.05) is 0 Å². The highest BCUT2D eigenvalue weighted by atomic mass is 16.5. The van der Waals surface area contributed by atoms with E-state index in [0.717, 1.165) is 54.3 Å². The highest BCUT2D eigenvalue weighted by molar-refractivity contribution is 5.38. The van der Waals surface area contributed by atoms with E-state index in [2.05, 4.69) is 33.8 Å². The molecule has 2 heteroatoms. The van der Waals surface area contributed by atoms with Crippen molar-refractivity contribution in [3.05, 3.63) is 11.6 Å². The highest BCUT2D eigenvalue weighted by Gasteiger charge is 2.56. The second-order valence-electron chi connectivity index (χ2n) is 11.7. The molecule has 4 aliphatic carbocycles. The minimum Gasteiger partial charge on any atom is -0.464 e. The van der Waals surface area contributed by atoms with Gasteiger partial charge in [0.05, 0.1) is 0 Å². The van der Waals surface area contributed by atoms with Crippen molar-refractivity contribution in [1.29, 1.82) is 0 Å². The van der Waals surface area contributed by atoms with Gasteiger partial charge in [-0.15, -0.1) is 0 Å². The van der Waals surface area contributed by atoms with Crippen molar-refractivity contribution >= 4 is 6.47 Å². The molecule has 8 unspecified atom stereocenters. The number of rotatable bonds is 7. The van der Waals surface area contributed by atoms with E-state index in [1.165, 1.54) is 57.8 Å². The molecule has 4 aliphatic rings. The molecule has 0 amide bonds. The molecule has 0 bridgehead atoms. The van der Waals surface area contributed by atoms with Crippen LogP contribution >= 0.6 is 0 Å². The summed E-state index contributed by atoms with van der Waals surface area (Å²) in [6, 6.07) is 0. The lowest BCUT2D eigenvalue weighted by molar-refractivity contribution is -0.135. The molecule has 0 saturated heterocycles. The van der Waals surface area contributed by atoms with Gasteiger partial charge in [-0.25, -0.2) is 0 Å². The standard InChI is InChI=1S/C27H44O2/c1-18(2)6-5-7-19(3)25-12-13-26-24-10-8-20-16-21(29-17-28)9-11-22(20)23(24)14-15-27(25,26)4/h8,17-19,21-26H,5-7,9-16H2,1-4H3. The second-order valence-corrected chi connectivity index (χ2v) is 11.7. The van der Waals surface area contributed by atoms with Crippen molar-refractivity contribution < 1.29 is 9.53 Å². The molecule has 0 aliphatic heterocycles. The van der Waals surface area contributed by atoms with Crippen molar-refractivity contribution in [2.45, 2.75) is 104 Å². The monoisotopic (exact) mass is 400 g/mol. The van der Waals surface area contributed by atoms with Crippen LogP contribution < -0.4 is 0 Å². The van der Waals surface area contributed by atoms with E-state index in [9.17, 15) is 4.79 Å². The van der Waals surface area contributed by atoms with Crippen molar-refractivity contribution in [3.8, 4) is 0 Å². The van der Waals surface area contributed by atoms with Crippen LogP contribution in [-0.2, 0) is 9.53 Å². The van der Waals surface area contributed by atoms with Crippen molar-refractivity contribution in [1.82, 2.24) is 0 Å². The topological polar surface area (TPSA) is 26.3 Å². The molecular weight excluding hydrogens is 356 g/mol. The van der Waals surface area contributed by atoms with Gasteiger partial charge in [-0.1, -0.05) is 58.6 Å². The van der Waals surface area contributed by atoms with Crippen molar-refractivity contribution in [2.24, 2.45) is 46.8 Å². The molecule has 0 aromatic rings. The molecule has 4 rings (SSSR count). The Bertz CT molecular complexity index is 608. The molecule has 164 valence electrons. The maximum Gasteiger partial charge on any atom is 0.293 e. The minimum atomic E-state index is 0.142. The minimum absolute atomic E-state index is 0.142. The Kier molecular flexibility index (Phi) is 6.47. The molecule has 8 atom stereocenters. The quantitative estimate of drug-likeness (QED) is 0.334. The van der Waals surface area contributed by atoms with Crippen LogP contribution in [0, 0.1) is 46.8 Å². The normalized spacial score (nSPS) is 42.4. The van der Waals surface area contributed by atoms with Gasteiger partial charge >= 0.3 is 0 Å². The molecule has 0 aromatic carbocycles. The summed E-state index contributed by atoms with van der Waals surface area (Å²) in [6.07, 6.45) is 17.4. The molecule has 0 radical (unpaired) electrons. The number of hydrogen-bond donors (Lipinski definition) is 0. The van der Waals surface area contributed by atoms with Gasteiger partial charge < -0.3 is 4.74 Å². The maximum atomic E-state index is 10.8. The lowest BCUT2D eigenvalue weighted by Gasteiger charge is -2.54. The third-order valence-corrected chi connectivity index (χ3v) is 9.85. The summed E-state index contributed by atoms with van der Waals surface area (Å²) in [7, 11) is 0. The summed E-state index contributed by atoms with van der Waals surface area (Å²) in [5.74, 6) is 6.24. The number of carbonyl (C=O) groups excluding carboxylic acids is 1. The van der Waals surface area contributed by atoms with E-state index in [1.54, 1.807) is 5.57 Å². The second kappa shape index (κ2) is 8.75. The molecule has 0 N–H and O–H groups in total. The van der Waals surface area contributed by atoms with Gasteiger partial charge in [0.2, 0.25) is 0 Å². The maximum absolute atomic E-state index is 10.8. The van der Waals surface area contributed by atoms with Gasteiger partial charge in [0.25, 0.3) is 6.47 Å². The molecule has 3 saturated carbocycles. The Morgan fingerprint density at radius 2 is 1.93 bits per heavy atom. The van der Waals surface area contributed by atoms with Gasteiger partial charge in [0.15, 0.2) is 0 Å². The summed E-state index contributed by atoms with van der Waals surface area (Å²) >= 11 is 0. The number of fused-ring (bicyclic) bond motifs is 5. The highest BCUT2D eigenvalue weighted by Crippen LogP contribution is 2.64. The first kappa shape index (κ1) is 21.4. The Balaban J connectivity index is 1.43. The molecule has 3 fully saturated rings. The largest absolute Gasteiger partial charge is 0.464 e. The van der Waals surface area contributed by atoms with Gasteiger partial charge in [0.1, 0.15) is 6.10 Å². The fourth-order valence-corrected chi connectivity index (χ4v) is 8.45. The van der Waals surface area contributed by atoms with Gasteiger partial charge in [-0.05, 0) is 91.8 Å². The third kappa shape index (κ3) is 4.07. The summed E-state index contributed by atoms with van der Waals surface area (Å²) in [6.45, 7) is 10.6. The Labute approximate surface area is 179 Å². The fraction of sp³-hybridized carbons (Fsp3) is 0.889. The number of allylic oxidation sites excluding steroid dienone is 1. The SMILES string of the molecule is CC(C)CCCC(C)C1CCC2C3CC=C4CC(OC=O)CCC4C3CCC12C. The van der Waals surface area contributed by atoms with E-state index >= 15 is 0 Å². The lowest BCUT2D eigenvalue weighted by Crippen LogP contribution is -2.47. The number of carbonyl (C=O) groups is 1. The average Bonchev–Trinajstić information content (AvgIpc) is 3.05. The Morgan fingerprint density at radius 3 is 2.69 bits per heavy atom. The zero-order chi connectivity index (χ0) is 20.6. The van der Waals surface area contributed by atoms with Crippen LogP contribution in [0.3, 0.4) is 0 Å². The lowest BCUT2D eigenvalue weighted by atomic mass is 9.51. The summed E-state index contributed by atoms with van der Waals surface area (Å²) < 4.78 is 5.32. The first-order chi connectivity index (χ1) is 13.9. The van der Waals surface area contributed by atoms with Crippen molar-refractivity contribution in [3.63, 3.8) is 0 Å². The molecular formula is C27H44O2. The number of ether oxygens (including phenoxy) is 1. The van der Waals surface area contributed by atoms with E-state index in [0.29, 0.717) is 11.9 Å². The van der Waals surface area contributed by atoms with Crippen LogP contribution in [-0.4, -0.2) is 12.6 Å². The van der Waals surface area contributed by atoms with Gasteiger partial charge in [-0.2, -0.15) is 0 Å². The van der Waals surface area contributed by atoms with Gasteiger partial charge in [-0.3, -0.25) is 4.79 Å². The predicted octanol–water partition coefficient (Wildman–Crippen LogP) is 7.18. The van der Waals surface area contributed by atoms with Crippen LogP contribution in [0.15, 0.2) is 11.6 Å². The molecule has 2 nitrogen and oxygen atoms in total. The van der Waals surface area contributed by atoms with Gasteiger partial charge in [0, 0.05) is 6.42 Å². The first-order valence-electron chi connectivity index (χ1n) is 12.7. The van der Waals surface area contributed by atoms with Crippen LogP contribution in [0.2, 0.25) is 0 Å². The van der Waals surface area contributed by atoms with Crippen LogP contribution in [0.25, 0.3) is 0 Å². The molecule has 0 heterocycles. The summed E-state index contributed by atoms with van der Waals surface area (Å²) in [5.41, 5.74) is 2.21. The van der Waals surface area contributed by atoms with Crippen LogP contribution in [0.1, 0.15) is 98.3 Å². The smallest absolute Gasteiger partial charge is 0.293 e. The third-order valence-electron chi connectivity index (χ3n) is 9.85. The molecule has 0 aromatic heterocycles. The Hall–Kier alpha value is -0.790. The number of hydrogen-bond acceptors (Lipinski definition) is 2. The zero-order valence-corrected chi connectivity index (χ0v) is 19.4. The average molecular weight is 401 g/mol. The van der Waals surface area contributed by atoms with Crippen LogP contribution in [0.5, 0.6) is 0 Å². The van der Waals surface area contributed by atoms with E-state index in [-0.39, 0.29) is 6.10 Å². The first-order valence-corrected chi connectivity index (χ1v) is 12.7. The molecule has 0 spiro atoms. The zero-order valence-electron chi connectivity index (χ0n) is 19.4. The van der Waals surface area contributed by atoms with Crippen molar-refractivity contribution in [2.75, 3.05) is 0 Å². The van der Waals surface area contributed by atoms with Crippen LogP contribution in [0.4, 0.5) is 0 Å². The predicted molar refractivity (Wildman–Crippen MR) is 119 cm³/mol. The summed E-state index contributed by atoms with van der Waals surface area (Å²) in [5, 5.41) is 0. The van der Waals surface area contributed by atoms with E-state index < -0.39 is 0 Å². The summed E-state index contributed by atoms with van der Waals surface area (Å²) in [4.78, 5) is 10.8. The molecule has 29 heavy (non-hydrogen) atoms. The Morgan fingerprint density at radius 1 is 1.10 bits per heavy atom. The van der Waals surface area contributed by atoms with E-state index in [4.69, 9.17) is 4.74 Å².